The number of pyridine rings is 1. The predicted molar refractivity (Wildman–Crippen MR) is 134 cm³/mol. The summed E-state index contributed by atoms with van der Waals surface area (Å²) < 4.78 is 18.7. The number of methoxy groups -OCH3 is 1. The molecule has 2 atom stereocenters. The van der Waals surface area contributed by atoms with Gasteiger partial charge in [-0.2, -0.15) is 5.10 Å². The molecule has 3 aromatic rings. The number of nitrogens with zero attached hydrogens (tertiary/aromatic N) is 3. The van der Waals surface area contributed by atoms with E-state index in [0.717, 1.165) is 65.9 Å². The summed E-state index contributed by atoms with van der Waals surface area (Å²) in [7, 11) is 1.68. The zero-order valence-corrected chi connectivity index (χ0v) is 19.7. The van der Waals surface area contributed by atoms with Gasteiger partial charge in [-0.3, -0.25) is 4.98 Å². The average Bonchev–Trinajstić information content (AvgIpc) is 3.35. The van der Waals surface area contributed by atoms with Crippen LogP contribution < -0.4 is 10.1 Å². The number of aromatic nitrogens is 3. The minimum atomic E-state index is -0.0110. The Balaban J connectivity index is 1.26. The minimum absolute atomic E-state index is 0.0110. The number of fused-ring (bicyclic) bond motifs is 2. The molecule has 1 aromatic carbocycles. The molecule has 0 fully saturated rings. The zero-order chi connectivity index (χ0) is 23.6. The van der Waals surface area contributed by atoms with Gasteiger partial charge in [-0.25, -0.2) is 4.68 Å². The maximum Gasteiger partial charge on any atom is 0.159 e. The van der Waals surface area contributed by atoms with Gasteiger partial charge < -0.3 is 19.5 Å². The van der Waals surface area contributed by atoms with Crippen LogP contribution in [-0.2, 0) is 22.3 Å². The fourth-order valence-corrected chi connectivity index (χ4v) is 5.09. The van der Waals surface area contributed by atoms with Crippen molar-refractivity contribution in [3.05, 3.63) is 96.3 Å². The topological polar surface area (TPSA) is 70.4 Å². The highest BCUT2D eigenvalue weighted by molar-refractivity contribution is 5.88. The number of rotatable bonds is 6. The van der Waals surface area contributed by atoms with Crippen LogP contribution in [-0.4, -0.2) is 34.0 Å². The minimum Gasteiger partial charge on any atom is -0.497 e. The summed E-state index contributed by atoms with van der Waals surface area (Å²) in [6, 6.07) is 8.24. The van der Waals surface area contributed by atoms with Gasteiger partial charge in [0.1, 0.15) is 24.5 Å². The Hall–Kier alpha value is -3.84. The van der Waals surface area contributed by atoms with E-state index in [1.54, 1.807) is 25.9 Å². The maximum absolute atomic E-state index is 5.82. The monoisotopic (exact) mass is 468 g/mol. The third-order valence-electron chi connectivity index (χ3n) is 6.87. The van der Waals surface area contributed by atoms with Crippen LogP contribution in [0.3, 0.4) is 0 Å². The lowest BCUT2D eigenvalue weighted by Gasteiger charge is -2.31. The molecule has 3 aliphatic rings. The molecule has 3 heterocycles. The van der Waals surface area contributed by atoms with Crippen molar-refractivity contribution in [1.82, 2.24) is 20.1 Å². The molecule has 0 saturated carbocycles. The van der Waals surface area contributed by atoms with Gasteiger partial charge in [0.15, 0.2) is 5.76 Å². The number of aryl methyl sites for hydroxylation is 1. The van der Waals surface area contributed by atoms with E-state index in [1.807, 2.05) is 35.1 Å². The Morgan fingerprint density at radius 1 is 1.20 bits per heavy atom. The van der Waals surface area contributed by atoms with E-state index in [1.165, 1.54) is 11.1 Å². The fourth-order valence-electron chi connectivity index (χ4n) is 5.09. The number of benzene rings is 1. The normalized spacial score (nSPS) is 19.9. The molecule has 0 saturated heterocycles. The standard InChI is InChI=1S/C28H28N4O3/c1-33-22-8-10-25-23(16-22)26(11-12-29-25)32-17-20-15-21(7-9-24(20)31-32)30-28(19-5-3-2-4-6-19)27-18-34-13-14-35-27/h2-3,5,8,10-14,16-18,21,28,30H,4,6-7,9,15H2,1H3. The van der Waals surface area contributed by atoms with Crippen LogP contribution in [0.2, 0.25) is 0 Å². The van der Waals surface area contributed by atoms with Gasteiger partial charge in [0.2, 0.25) is 0 Å². The fraction of sp³-hybridized carbons (Fsp3) is 0.286. The predicted octanol–water partition coefficient (Wildman–Crippen LogP) is 4.88. The summed E-state index contributed by atoms with van der Waals surface area (Å²) in [5.74, 6) is 1.61. The number of allylic oxidation sites excluding steroid dienone is 3. The highest BCUT2D eigenvalue weighted by Crippen LogP contribution is 2.29. The molecule has 6 rings (SSSR count). The van der Waals surface area contributed by atoms with Crippen molar-refractivity contribution >= 4 is 10.9 Å². The van der Waals surface area contributed by atoms with E-state index in [9.17, 15) is 0 Å². The summed E-state index contributed by atoms with van der Waals surface area (Å²) in [5.41, 5.74) is 5.68. The van der Waals surface area contributed by atoms with Crippen LogP contribution in [0.25, 0.3) is 16.6 Å². The van der Waals surface area contributed by atoms with Crippen molar-refractivity contribution in [3.8, 4) is 11.4 Å². The lowest BCUT2D eigenvalue weighted by Crippen LogP contribution is -2.44. The third kappa shape index (κ3) is 4.35. The molecule has 1 N–H and O–H groups in total. The van der Waals surface area contributed by atoms with Gasteiger partial charge in [-0.05, 0) is 67.5 Å². The van der Waals surface area contributed by atoms with Crippen LogP contribution in [0.4, 0.5) is 0 Å². The lowest BCUT2D eigenvalue weighted by molar-refractivity contribution is 0.226. The van der Waals surface area contributed by atoms with Crippen molar-refractivity contribution in [2.75, 3.05) is 7.11 Å². The largest absolute Gasteiger partial charge is 0.497 e. The Kier molecular flexibility index (Phi) is 5.84. The van der Waals surface area contributed by atoms with Gasteiger partial charge in [0.25, 0.3) is 0 Å². The van der Waals surface area contributed by atoms with E-state index in [-0.39, 0.29) is 6.04 Å². The Morgan fingerprint density at radius 3 is 3.00 bits per heavy atom. The zero-order valence-electron chi connectivity index (χ0n) is 19.7. The van der Waals surface area contributed by atoms with E-state index in [4.69, 9.17) is 19.3 Å². The molecule has 1 aliphatic heterocycles. The van der Waals surface area contributed by atoms with Crippen molar-refractivity contribution in [2.45, 2.75) is 44.2 Å². The van der Waals surface area contributed by atoms with Crippen LogP contribution in [0.1, 0.15) is 30.5 Å². The molecule has 2 unspecified atom stereocenters. The first-order valence-corrected chi connectivity index (χ1v) is 12.1. The number of hydrogen-bond donors (Lipinski definition) is 1. The molecule has 0 amide bonds. The van der Waals surface area contributed by atoms with Gasteiger partial charge in [0, 0.05) is 23.8 Å². The maximum atomic E-state index is 5.82. The van der Waals surface area contributed by atoms with Gasteiger partial charge >= 0.3 is 0 Å². The van der Waals surface area contributed by atoms with Crippen LogP contribution in [0.15, 0.2) is 85.0 Å². The molecule has 7 nitrogen and oxygen atoms in total. The van der Waals surface area contributed by atoms with E-state index >= 15 is 0 Å². The molecule has 2 aliphatic carbocycles. The Morgan fingerprint density at radius 2 is 2.17 bits per heavy atom. The van der Waals surface area contributed by atoms with Crippen LogP contribution in [0.5, 0.6) is 5.75 Å². The second-order valence-corrected chi connectivity index (χ2v) is 9.05. The molecule has 178 valence electrons. The average molecular weight is 469 g/mol. The van der Waals surface area contributed by atoms with Gasteiger partial charge in [-0.15, -0.1) is 0 Å². The molecular weight excluding hydrogens is 440 g/mol. The summed E-state index contributed by atoms with van der Waals surface area (Å²) in [4.78, 5) is 4.51. The SMILES string of the molecule is COc1ccc2nccc(-n3cc4c(n3)CCC(NC(C3=CC=CCC3)C3=COC=CO3)C4)c2c1. The van der Waals surface area contributed by atoms with E-state index in [0.29, 0.717) is 6.04 Å². The van der Waals surface area contributed by atoms with E-state index in [2.05, 4.69) is 34.7 Å². The summed E-state index contributed by atoms with van der Waals surface area (Å²) in [6.07, 6.45) is 20.3. The van der Waals surface area contributed by atoms with Crippen molar-refractivity contribution in [3.63, 3.8) is 0 Å². The highest BCUT2D eigenvalue weighted by atomic mass is 16.5. The number of ether oxygens (including phenoxy) is 3. The first-order chi connectivity index (χ1) is 17.3. The summed E-state index contributed by atoms with van der Waals surface area (Å²) in [6.45, 7) is 0. The first kappa shape index (κ1) is 21.7. The van der Waals surface area contributed by atoms with E-state index < -0.39 is 0 Å². The second kappa shape index (κ2) is 9.43. The van der Waals surface area contributed by atoms with Crippen molar-refractivity contribution < 1.29 is 14.2 Å². The Bertz CT molecular complexity index is 1370. The molecule has 0 spiro atoms. The van der Waals surface area contributed by atoms with Gasteiger partial charge in [-0.1, -0.05) is 18.2 Å². The quantitative estimate of drug-likeness (QED) is 0.556. The molecule has 35 heavy (non-hydrogen) atoms. The lowest BCUT2D eigenvalue weighted by atomic mass is 9.90. The molecular formula is C28H28N4O3. The van der Waals surface area contributed by atoms with Gasteiger partial charge in [0.05, 0.1) is 30.0 Å². The van der Waals surface area contributed by atoms with Crippen molar-refractivity contribution in [1.29, 1.82) is 0 Å². The Labute approximate surface area is 204 Å². The summed E-state index contributed by atoms with van der Waals surface area (Å²) >= 11 is 0. The third-order valence-corrected chi connectivity index (χ3v) is 6.87. The number of hydrogen-bond acceptors (Lipinski definition) is 6. The van der Waals surface area contributed by atoms with Crippen molar-refractivity contribution in [2.24, 2.45) is 0 Å². The molecule has 0 bridgehead atoms. The highest BCUT2D eigenvalue weighted by Gasteiger charge is 2.29. The first-order valence-electron chi connectivity index (χ1n) is 12.1. The van der Waals surface area contributed by atoms with Crippen LogP contribution >= 0.6 is 0 Å². The molecule has 0 radical (unpaired) electrons. The molecule has 2 aromatic heterocycles. The van der Waals surface area contributed by atoms with Crippen LogP contribution in [0, 0.1) is 0 Å². The number of nitrogens with one attached hydrogen (secondary N) is 1. The smallest absolute Gasteiger partial charge is 0.159 e. The summed E-state index contributed by atoms with van der Waals surface area (Å²) in [5, 5.41) is 9.83. The second-order valence-electron chi connectivity index (χ2n) is 9.05. The molecule has 7 heteroatoms.